The minimum absolute atomic E-state index is 0.0811. The van der Waals surface area contributed by atoms with E-state index >= 15 is 0 Å². The standard InChI is InChI=1S/C11H13BrClN/c1-7(8(2)14)5-9-3-4-10(13)6-11(9)12/h3-6,8H,14H2,1-2H3/b7-5+. The SMILES string of the molecule is C/C(=C\c1ccc(Cl)cc1Br)C(C)N. The van der Waals surface area contributed by atoms with E-state index in [1.165, 1.54) is 0 Å². The van der Waals surface area contributed by atoms with E-state index < -0.39 is 0 Å². The van der Waals surface area contributed by atoms with Crippen LogP contribution in [0.2, 0.25) is 5.02 Å². The van der Waals surface area contributed by atoms with Gasteiger partial charge in [0.1, 0.15) is 0 Å². The first-order valence-corrected chi connectivity index (χ1v) is 5.56. The van der Waals surface area contributed by atoms with Crippen LogP contribution in [-0.4, -0.2) is 6.04 Å². The Bertz CT molecular complexity index is 358. The van der Waals surface area contributed by atoms with Crippen molar-refractivity contribution < 1.29 is 0 Å². The average molecular weight is 275 g/mol. The number of hydrogen-bond donors (Lipinski definition) is 1. The Morgan fingerprint density at radius 3 is 2.71 bits per heavy atom. The molecule has 0 fully saturated rings. The Morgan fingerprint density at radius 2 is 2.21 bits per heavy atom. The van der Waals surface area contributed by atoms with Crippen LogP contribution in [0, 0.1) is 0 Å². The van der Waals surface area contributed by atoms with Gasteiger partial charge in [-0.1, -0.05) is 45.2 Å². The Morgan fingerprint density at radius 1 is 1.57 bits per heavy atom. The molecule has 0 heterocycles. The normalized spacial score (nSPS) is 14.2. The maximum Gasteiger partial charge on any atom is 0.0417 e. The van der Waals surface area contributed by atoms with E-state index in [9.17, 15) is 0 Å². The molecule has 1 aromatic rings. The first-order chi connectivity index (χ1) is 6.50. The van der Waals surface area contributed by atoms with Gasteiger partial charge in [0.25, 0.3) is 0 Å². The van der Waals surface area contributed by atoms with Gasteiger partial charge in [-0.05, 0) is 31.5 Å². The van der Waals surface area contributed by atoms with Crippen LogP contribution >= 0.6 is 27.5 Å². The van der Waals surface area contributed by atoms with Crippen LogP contribution in [0.1, 0.15) is 19.4 Å². The van der Waals surface area contributed by atoms with Crippen molar-refractivity contribution in [1.82, 2.24) is 0 Å². The smallest absolute Gasteiger partial charge is 0.0417 e. The minimum atomic E-state index is 0.0811. The molecule has 1 aromatic carbocycles. The first-order valence-electron chi connectivity index (χ1n) is 4.39. The van der Waals surface area contributed by atoms with Crippen molar-refractivity contribution in [1.29, 1.82) is 0 Å². The van der Waals surface area contributed by atoms with E-state index in [0.29, 0.717) is 0 Å². The zero-order chi connectivity index (χ0) is 10.7. The number of benzene rings is 1. The third-order valence-corrected chi connectivity index (χ3v) is 2.99. The van der Waals surface area contributed by atoms with Gasteiger partial charge in [-0.15, -0.1) is 0 Å². The van der Waals surface area contributed by atoms with Crippen LogP contribution in [0.3, 0.4) is 0 Å². The van der Waals surface area contributed by atoms with Gasteiger partial charge in [-0.2, -0.15) is 0 Å². The molecule has 1 atom stereocenters. The van der Waals surface area contributed by atoms with Crippen LogP contribution in [-0.2, 0) is 0 Å². The molecule has 0 saturated carbocycles. The molecule has 0 aliphatic heterocycles. The number of nitrogens with two attached hydrogens (primary N) is 1. The second-order valence-electron chi connectivity index (χ2n) is 3.34. The fourth-order valence-electron chi connectivity index (χ4n) is 0.995. The lowest BCUT2D eigenvalue weighted by atomic mass is 10.1. The number of hydrogen-bond acceptors (Lipinski definition) is 1. The van der Waals surface area contributed by atoms with E-state index in [2.05, 4.69) is 22.0 Å². The van der Waals surface area contributed by atoms with Gasteiger partial charge in [0, 0.05) is 15.5 Å². The molecular formula is C11H13BrClN. The highest BCUT2D eigenvalue weighted by atomic mass is 79.9. The predicted molar refractivity (Wildman–Crippen MR) is 66.5 cm³/mol. The fourth-order valence-corrected chi connectivity index (χ4v) is 1.79. The summed E-state index contributed by atoms with van der Waals surface area (Å²) < 4.78 is 0.991. The predicted octanol–water partition coefficient (Wildman–Crippen LogP) is 3.85. The molecule has 1 rings (SSSR count). The highest BCUT2D eigenvalue weighted by molar-refractivity contribution is 9.10. The third kappa shape index (κ3) is 3.12. The van der Waals surface area contributed by atoms with Crippen molar-refractivity contribution >= 4 is 33.6 Å². The van der Waals surface area contributed by atoms with Crippen molar-refractivity contribution in [2.45, 2.75) is 19.9 Å². The molecule has 0 aromatic heterocycles. The lowest BCUT2D eigenvalue weighted by Crippen LogP contribution is -2.15. The third-order valence-electron chi connectivity index (χ3n) is 2.06. The maximum absolute atomic E-state index is 5.84. The first kappa shape index (κ1) is 11.8. The number of rotatable bonds is 2. The van der Waals surface area contributed by atoms with E-state index in [-0.39, 0.29) is 6.04 Å². The zero-order valence-corrected chi connectivity index (χ0v) is 10.6. The Kier molecular flexibility index (Phi) is 4.17. The van der Waals surface area contributed by atoms with Crippen LogP contribution < -0.4 is 5.73 Å². The molecule has 0 aliphatic rings. The van der Waals surface area contributed by atoms with Crippen LogP contribution in [0.4, 0.5) is 0 Å². The topological polar surface area (TPSA) is 26.0 Å². The van der Waals surface area contributed by atoms with Gasteiger partial charge >= 0.3 is 0 Å². The largest absolute Gasteiger partial charge is 0.324 e. The molecule has 14 heavy (non-hydrogen) atoms. The van der Waals surface area contributed by atoms with Gasteiger partial charge in [-0.3, -0.25) is 0 Å². The van der Waals surface area contributed by atoms with E-state index in [0.717, 1.165) is 20.6 Å². The molecule has 0 spiro atoms. The van der Waals surface area contributed by atoms with E-state index in [1.54, 1.807) is 0 Å². The van der Waals surface area contributed by atoms with Crippen LogP contribution in [0.15, 0.2) is 28.2 Å². The molecule has 76 valence electrons. The summed E-state index contributed by atoms with van der Waals surface area (Å²) in [6.45, 7) is 3.99. The average Bonchev–Trinajstić information content (AvgIpc) is 2.09. The van der Waals surface area contributed by atoms with E-state index in [1.807, 2.05) is 32.0 Å². The molecule has 1 nitrogen and oxygen atoms in total. The summed E-state index contributed by atoms with van der Waals surface area (Å²) in [6, 6.07) is 5.80. The fraction of sp³-hybridized carbons (Fsp3) is 0.273. The molecule has 0 radical (unpaired) electrons. The summed E-state index contributed by atoms with van der Waals surface area (Å²) in [7, 11) is 0. The molecular weight excluding hydrogens is 261 g/mol. The molecule has 1 unspecified atom stereocenters. The van der Waals surface area contributed by atoms with Crippen molar-refractivity contribution in [2.75, 3.05) is 0 Å². The summed E-state index contributed by atoms with van der Waals surface area (Å²) in [4.78, 5) is 0. The van der Waals surface area contributed by atoms with Gasteiger partial charge in [0.15, 0.2) is 0 Å². The van der Waals surface area contributed by atoms with Gasteiger partial charge in [0.05, 0.1) is 0 Å². The zero-order valence-electron chi connectivity index (χ0n) is 8.22. The summed E-state index contributed by atoms with van der Waals surface area (Å²) >= 11 is 9.30. The quantitative estimate of drug-likeness (QED) is 0.871. The summed E-state index contributed by atoms with van der Waals surface area (Å²) in [5.74, 6) is 0. The highest BCUT2D eigenvalue weighted by Gasteiger charge is 2.00. The van der Waals surface area contributed by atoms with Gasteiger partial charge in [0.2, 0.25) is 0 Å². The second-order valence-corrected chi connectivity index (χ2v) is 4.63. The molecule has 2 N–H and O–H groups in total. The van der Waals surface area contributed by atoms with Crippen LogP contribution in [0.25, 0.3) is 6.08 Å². The molecule has 0 saturated heterocycles. The Hall–Kier alpha value is -0.310. The Balaban J connectivity index is 3.03. The van der Waals surface area contributed by atoms with E-state index in [4.69, 9.17) is 17.3 Å². The second kappa shape index (κ2) is 4.96. The van der Waals surface area contributed by atoms with Crippen LogP contribution in [0.5, 0.6) is 0 Å². The van der Waals surface area contributed by atoms with Crippen molar-refractivity contribution in [3.05, 3.63) is 38.8 Å². The molecule has 0 amide bonds. The van der Waals surface area contributed by atoms with Crippen molar-refractivity contribution in [2.24, 2.45) is 5.73 Å². The lowest BCUT2D eigenvalue weighted by molar-refractivity contribution is 0.868. The van der Waals surface area contributed by atoms with Crippen molar-refractivity contribution in [3.8, 4) is 0 Å². The van der Waals surface area contributed by atoms with Crippen molar-refractivity contribution in [3.63, 3.8) is 0 Å². The molecule has 0 bridgehead atoms. The maximum atomic E-state index is 5.84. The lowest BCUT2D eigenvalue weighted by Gasteiger charge is -2.06. The monoisotopic (exact) mass is 273 g/mol. The summed E-state index contributed by atoms with van der Waals surface area (Å²) in [5.41, 5.74) is 8.00. The summed E-state index contributed by atoms with van der Waals surface area (Å²) in [6.07, 6.45) is 2.06. The van der Waals surface area contributed by atoms with Gasteiger partial charge < -0.3 is 5.73 Å². The van der Waals surface area contributed by atoms with Gasteiger partial charge in [-0.25, -0.2) is 0 Å². The Labute approximate surface area is 98.1 Å². The molecule has 0 aliphatic carbocycles. The highest BCUT2D eigenvalue weighted by Crippen LogP contribution is 2.23. The number of halogens is 2. The summed E-state index contributed by atoms with van der Waals surface area (Å²) in [5, 5.41) is 0.729. The minimum Gasteiger partial charge on any atom is -0.324 e. The molecule has 3 heteroatoms.